The van der Waals surface area contributed by atoms with Gasteiger partial charge in [0, 0.05) is 11.1 Å². The van der Waals surface area contributed by atoms with Gasteiger partial charge in [-0.3, -0.25) is 0 Å². The Kier molecular flexibility index (Phi) is 10.3. The molecule has 0 bridgehead atoms. The number of nitrogens with zero attached hydrogens (tertiary/aromatic N) is 2. The Hall–Kier alpha value is -1.29. The monoisotopic (exact) mass is 765 g/mol. The van der Waals surface area contributed by atoms with Crippen LogP contribution in [0.15, 0.2) is 72.6 Å². The molecule has 3 aromatic rings. The molecule has 0 radical (unpaired) electrons. The second-order valence-electron chi connectivity index (χ2n) is 12.0. The first kappa shape index (κ1) is 30.7. The molecule has 2 N–H and O–H groups in total. The fourth-order valence-corrected chi connectivity index (χ4v) is 8.24. The van der Waals surface area contributed by atoms with E-state index in [1.54, 1.807) is 0 Å². The van der Waals surface area contributed by atoms with Crippen LogP contribution in [-0.2, 0) is 12.8 Å². The summed E-state index contributed by atoms with van der Waals surface area (Å²) in [6, 6.07) is 19.4. The molecule has 0 saturated heterocycles. The van der Waals surface area contributed by atoms with Gasteiger partial charge in [0.05, 0.1) is 11.0 Å². The third-order valence-electron chi connectivity index (χ3n) is 10.2. The summed E-state index contributed by atoms with van der Waals surface area (Å²) in [4.78, 5) is 6.02. The van der Waals surface area contributed by atoms with Gasteiger partial charge in [-0.25, -0.2) is 4.98 Å². The number of imidazole rings is 1. The molecule has 4 nitrogen and oxygen atoms in total. The van der Waals surface area contributed by atoms with E-state index in [0.29, 0.717) is 10.8 Å². The van der Waals surface area contributed by atoms with Crippen LogP contribution in [0.25, 0.3) is 16.7 Å². The van der Waals surface area contributed by atoms with Crippen molar-refractivity contribution in [3.05, 3.63) is 84.2 Å². The number of benzene rings is 2. The number of hydrogen-bond donors (Lipinski definition) is 2. The molecule has 5 atom stereocenters. The number of aryl methyl sites for hydroxylation is 1. The molecule has 7 rings (SSSR count). The third kappa shape index (κ3) is 5.88. The molecule has 2 saturated carbocycles. The Morgan fingerprint density at radius 2 is 1.74 bits per heavy atom. The molecule has 5 unspecified atom stereocenters. The number of fused-ring (bicyclic) bond motifs is 6. The van der Waals surface area contributed by atoms with Crippen molar-refractivity contribution in [3.63, 3.8) is 0 Å². The molecule has 1 heterocycles. The minimum absolute atomic E-state index is 0. The second-order valence-corrected chi connectivity index (χ2v) is 12.2. The van der Waals surface area contributed by atoms with Crippen molar-refractivity contribution in [1.82, 2.24) is 14.4 Å². The van der Waals surface area contributed by atoms with E-state index < -0.39 is 0 Å². The van der Waals surface area contributed by atoms with Crippen LogP contribution in [0.4, 0.5) is 0 Å². The van der Waals surface area contributed by atoms with Gasteiger partial charge in [0.15, 0.2) is 0 Å². The number of para-hydroxylation sites is 2. The predicted molar refractivity (Wildman–Crippen MR) is 158 cm³/mol. The zero-order valence-electron chi connectivity index (χ0n) is 23.5. The SMILES string of the molecule is CC12CCCCC1=CCC1C2CCC2(C)C(n3cnc4ccccc43)=CCC12.Cc1cc[c-]cc1.ON[S-].[U+2]. The number of hydrogen-bond acceptors (Lipinski definition) is 4. The van der Waals surface area contributed by atoms with E-state index in [0.717, 1.165) is 23.3 Å². The fraction of sp³-hybridized carbons (Fsp3) is 0.485. The normalized spacial score (nSPS) is 30.5. The summed E-state index contributed by atoms with van der Waals surface area (Å²) in [5, 5.41) is 7.13. The van der Waals surface area contributed by atoms with Gasteiger partial charge in [0.2, 0.25) is 0 Å². The van der Waals surface area contributed by atoms with Gasteiger partial charge in [-0.05, 0) is 80.2 Å². The van der Waals surface area contributed by atoms with Crippen molar-refractivity contribution in [2.45, 2.75) is 72.1 Å². The summed E-state index contributed by atoms with van der Waals surface area (Å²) < 4.78 is 2.40. The maximum Gasteiger partial charge on any atom is 2.00 e. The molecule has 6 heteroatoms. The van der Waals surface area contributed by atoms with Gasteiger partial charge in [-0.2, -0.15) is 35.9 Å². The first-order chi connectivity index (χ1) is 18.4. The van der Waals surface area contributed by atoms with Crippen molar-refractivity contribution in [2.75, 3.05) is 0 Å². The average Bonchev–Trinajstić information content (AvgIpc) is 3.50. The Morgan fingerprint density at radius 3 is 2.46 bits per heavy atom. The smallest absolute Gasteiger partial charge is 0.675 e. The van der Waals surface area contributed by atoms with Gasteiger partial charge < -0.3 is 27.5 Å². The minimum Gasteiger partial charge on any atom is -0.675 e. The third-order valence-corrected chi connectivity index (χ3v) is 10.2. The van der Waals surface area contributed by atoms with Crippen LogP contribution in [0.3, 0.4) is 0 Å². The molecular formula is C33H41N3OSU. The van der Waals surface area contributed by atoms with E-state index in [4.69, 9.17) is 10.2 Å². The fourth-order valence-electron chi connectivity index (χ4n) is 8.24. The topological polar surface area (TPSA) is 50.1 Å². The Bertz CT molecular complexity index is 1300. The number of allylic oxidation sites excluding steroid dienone is 4. The summed E-state index contributed by atoms with van der Waals surface area (Å²) >= 11 is 3.70. The first-order valence-corrected chi connectivity index (χ1v) is 14.6. The predicted octanol–water partition coefficient (Wildman–Crippen LogP) is 8.06. The molecule has 39 heavy (non-hydrogen) atoms. The maximum atomic E-state index is 7.13. The van der Waals surface area contributed by atoms with Crippen LogP contribution in [0.2, 0.25) is 0 Å². The van der Waals surface area contributed by atoms with Crippen molar-refractivity contribution < 1.29 is 36.3 Å². The van der Waals surface area contributed by atoms with Gasteiger partial charge in [0.1, 0.15) is 6.33 Å². The van der Waals surface area contributed by atoms with Crippen LogP contribution in [0.1, 0.15) is 70.8 Å². The van der Waals surface area contributed by atoms with E-state index in [2.05, 4.69) is 87.0 Å². The van der Waals surface area contributed by atoms with E-state index >= 15 is 0 Å². The summed E-state index contributed by atoms with van der Waals surface area (Å²) in [6.07, 6.45) is 18.2. The standard InChI is InChI=1S/C26H32N2.C7H7.H2NOS.U/c1-25-15-6-5-7-18(25)10-11-19-20-12-13-24(26(20,2)16-14-21(19)25)28-17-27-22-8-3-4-9-23(22)28;1-7-5-3-2-4-6-7;2-1-3;/h3-4,8-10,13,17,19-21H,5-7,11-12,14-16H2,1-2H3;3-6H,1H3;1-2H;/q;2*-1;+2. The van der Waals surface area contributed by atoms with Crippen molar-refractivity contribution in [2.24, 2.45) is 28.6 Å². The van der Waals surface area contributed by atoms with E-state index in [1.165, 1.54) is 73.0 Å². The summed E-state index contributed by atoms with van der Waals surface area (Å²) in [5.74, 6) is 2.55. The summed E-state index contributed by atoms with van der Waals surface area (Å²) in [6.45, 7) is 7.24. The molecule has 0 amide bonds. The van der Waals surface area contributed by atoms with Gasteiger partial charge >= 0.3 is 31.1 Å². The molecule has 0 aliphatic heterocycles. The number of rotatable bonds is 1. The number of aromatic nitrogens is 2. The molecule has 4 aliphatic carbocycles. The van der Waals surface area contributed by atoms with Crippen LogP contribution >= 0.6 is 0 Å². The van der Waals surface area contributed by atoms with E-state index in [1.807, 2.05) is 29.8 Å². The van der Waals surface area contributed by atoms with Gasteiger partial charge in [-0.1, -0.05) is 57.0 Å². The first-order valence-electron chi connectivity index (χ1n) is 14.2. The van der Waals surface area contributed by atoms with E-state index in [-0.39, 0.29) is 31.1 Å². The zero-order chi connectivity index (χ0) is 26.8. The molecule has 0 spiro atoms. The molecule has 2 aromatic carbocycles. The second kappa shape index (κ2) is 13.1. The maximum absolute atomic E-state index is 7.13. The van der Waals surface area contributed by atoms with Crippen molar-refractivity contribution in [3.8, 4) is 0 Å². The largest absolute Gasteiger partial charge is 2.00 e. The van der Waals surface area contributed by atoms with Crippen LogP contribution in [0, 0.1) is 72.7 Å². The minimum atomic E-state index is 0. The Morgan fingerprint density at radius 1 is 1.00 bits per heavy atom. The summed E-state index contributed by atoms with van der Waals surface area (Å²) in [7, 11) is 0. The van der Waals surface area contributed by atoms with Gasteiger partial charge in [0.25, 0.3) is 0 Å². The molecule has 1 aromatic heterocycles. The van der Waals surface area contributed by atoms with Crippen molar-refractivity contribution in [1.29, 1.82) is 0 Å². The number of nitrogens with one attached hydrogen (secondary N) is 1. The van der Waals surface area contributed by atoms with Crippen LogP contribution < -0.4 is 4.89 Å². The van der Waals surface area contributed by atoms with E-state index in [9.17, 15) is 0 Å². The van der Waals surface area contributed by atoms with Crippen molar-refractivity contribution >= 4 is 29.5 Å². The van der Waals surface area contributed by atoms with Crippen LogP contribution in [-0.4, -0.2) is 14.8 Å². The molecule has 204 valence electrons. The van der Waals surface area contributed by atoms with Gasteiger partial charge in [-0.15, -0.1) is 0 Å². The quantitative estimate of drug-likeness (QED) is 0.114. The summed E-state index contributed by atoms with van der Waals surface area (Å²) in [5.41, 5.74) is 7.79. The molecule has 4 aliphatic rings. The molecular weight excluding hydrogens is 724 g/mol. The average molecular weight is 766 g/mol. The molecule has 2 fully saturated rings. The van der Waals surface area contributed by atoms with Crippen LogP contribution in [0.5, 0.6) is 0 Å². The zero-order valence-corrected chi connectivity index (χ0v) is 28.5. The Balaban J connectivity index is 0.000000275. The Labute approximate surface area is 263 Å².